The monoisotopic (exact) mass is 412 g/mol. The van der Waals surface area contributed by atoms with Crippen molar-refractivity contribution in [2.24, 2.45) is 0 Å². The summed E-state index contributed by atoms with van der Waals surface area (Å²) in [6, 6.07) is 16.7. The fourth-order valence-electron chi connectivity index (χ4n) is 2.54. The van der Waals surface area contributed by atoms with E-state index in [0.717, 1.165) is 23.4 Å². The van der Waals surface area contributed by atoms with Crippen LogP contribution in [0.4, 0.5) is 4.79 Å². The average molecular weight is 413 g/mol. The lowest BCUT2D eigenvalue weighted by Crippen LogP contribution is -2.37. The van der Waals surface area contributed by atoms with Gasteiger partial charge in [0, 0.05) is 6.54 Å². The van der Waals surface area contributed by atoms with Gasteiger partial charge in [-0.15, -0.1) is 0 Å². The van der Waals surface area contributed by atoms with Crippen molar-refractivity contribution in [3.05, 3.63) is 70.8 Å². The Kier molecular flexibility index (Phi) is 10.8. The fraction of sp³-hybridized carbons (Fsp3) is 0.440. The summed E-state index contributed by atoms with van der Waals surface area (Å²) in [5.41, 5.74) is 4.41. The molecule has 5 nitrogen and oxygen atoms in total. The molecule has 2 aromatic carbocycles. The molecular weight excluding hydrogens is 376 g/mol. The molecule has 0 aliphatic rings. The van der Waals surface area contributed by atoms with Crippen LogP contribution in [0.15, 0.2) is 48.5 Å². The number of carbonyl (C=O) groups is 2. The van der Waals surface area contributed by atoms with Crippen molar-refractivity contribution in [3.8, 4) is 0 Å². The summed E-state index contributed by atoms with van der Waals surface area (Å²) in [7, 11) is 1.98. The van der Waals surface area contributed by atoms with Crippen LogP contribution in [0.1, 0.15) is 43.0 Å². The van der Waals surface area contributed by atoms with E-state index in [4.69, 9.17) is 4.74 Å². The Hall–Kier alpha value is -2.66. The van der Waals surface area contributed by atoms with Crippen LogP contribution >= 0.6 is 0 Å². The normalized spacial score (nSPS) is 10.6. The maximum atomic E-state index is 11.7. The van der Waals surface area contributed by atoms with Crippen molar-refractivity contribution >= 4 is 12.5 Å². The molecule has 30 heavy (non-hydrogen) atoms. The molecule has 0 spiro atoms. The number of nitrogens with one attached hydrogen (secondary N) is 1. The number of aryl methyl sites for hydroxylation is 2. The number of likely N-dealkylation sites (N-methyl/N-ethyl adjacent to an activating group) is 1. The molecule has 0 fully saturated rings. The lowest BCUT2D eigenvalue weighted by Gasteiger charge is -2.23. The molecule has 2 aromatic rings. The Morgan fingerprint density at radius 2 is 1.40 bits per heavy atom. The van der Waals surface area contributed by atoms with Gasteiger partial charge in [0.25, 0.3) is 0 Å². The highest BCUT2D eigenvalue weighted by Gasteiger charge is 2.21. The van der Waals surface area contributed by atoms with E-state index in [1.165, 1.54) is 16.7 Å². The van der Waals surface area contributed by atoms with Crippen LogP contribution < -0.4 is 5.32 Å². The van der Waals surface area contributed by atoms with Crippen molar-refractivity contribution in [1.29, 1.82) is 0 Å². The second-order valence-corrected chi connectivity index (χ2v) is 8.35. The van der Waals surface area contributed by atoms with Gasteiger partial charge < -0.3 is 10.1 Å². The summed E-state index contributed by atoms with van der Waals surface area (Å²) in [4.78, 5) is 23.7. The summed E-state index contributed by atoms with van der Waals surface area (Å²) >= 11 is 0. The van der Waals surface area contributed by atoms with Gasteiger partial charge in [0.2, 0.25) is 6.41 Å². The van der Waals surface area contributed by atoms with E-state index in [2.05, 4.69) is 36.5 Å². The van der Waals surface area contributed by atoms with E-state index in [9.17, 15) is 9.59 Å². The second kappa shape index (κ2) is 12.8. The molecule has 164 valence electrons. The number of hydrogen-bond donors (Lipinski definition) is 1. The number of imide groups is 1. The molecule has 0 aliphatic carbocycles. The Morgan fingerprint density at radius 3 is 1.80 bits per heavy atom. The largest absolute Gasteiger partial charge is 0.443 e. The van der Waals surface area contributed by atoms with Crippen LogP contribution in [0.25, 0.3) is 0 Å². The van der Waals surface area contributed by atoms with Crippen molar-refractivity contribution < 1.29 is 14.3 Å². The van der Waals surface area contributed by atoms with E-state index >= 15 is 0 Å². The number of hydrogen-bond acceptors (Lipinski definition) is 4. The maximum Gasteiger partial charge on any atom is 0.416 e. The molecule has 2 amide bonds. The highest BCUT2D eigenvalue weighted by Crippen LogP contribution is 2.10. The smallest absolute Gasteiger partial charge is 0.416 e. The Morgan fingerprint density at radius 1 is 0.933 bits per heavy atom. The molecule has 0 aromatic heterocycles. The van der Waals surface area contributed by atoms with E-state index in [0.29, 0.717) is 19.4 Å². The first kappa shape index (κ1) is 25.4. The Balaban J connectivity index is 0.000000346. The van der Waals surface area contributed by atoms with E-state index < -0.39 is 11.7 Å². The van der Waals surface area contributed by atoms with Crippen LogP contribution in [-0.4, -0.2) is 43.1 Å². The SMILES string of the molecule is CNCCc1ccc(C)cc1.Cc1ccc(CCN(C=O)C(=O)OC(C)(C)C)cc1. The Bertz CT molecular complexity index is 762. The topological polar surface area (TPSA) is 58.6 Å². The van der Waals surface area contributed by atoms with Gasteiger partial charge in [-0.3, -0.25) is 4.79 Å². The first-order valence-electron chi connectivity index (χ1n) is 10.3. The van der Waals surface area contributed by atoms with Crippen LogP contribution in [0, 0.1) is 13.8 Å². The van der Waals surface area contributed by atoms with Gasteiger partial charge in [-0.2, -0.15) is 0 Å². The first-order chi connectivity index (χ1) is 14.1. The number of benzene rings is 2. The van der Waals surface area contributed by atoms with Gasteiger partial charge in [-0.1, -0.05) is 59.7 Å². The summed E-state index contributed by atoms with van der Waals surface area (Å²) in [5.74, 6) is 0. The third kappa shape index (κ3) is 10.8. The summed E-state index contributed by atoms with van der Waals surface area (Å²) in [6.45, 7) is 10.8. The number of amides is 2. The molecule has 0 unspecified atom stereocenters. The minimum absolute atomic E-state index is 0.321. The summed E-state index contributed by atoms with van der Waals surface area (Å²) < 4.78 is 5.15. The van der Waals surface area contributed by atoms with Gasteiger partial charge in [0.1, 0.15) is 5.60 Å². The average Bonchev–Trinajstić information content (AvgIpc) is 2.68. The highest BCUT2D eigenvalue weighted by atomic mass is 16.6. The maximum absolute atomic E-state index is 11.7. The first-order valence-corrected chi connectivity index (χ1v) is 10.3. The van der Waals surface area contributed by atoms with Crippen LogP contribution in [-0.2, 0) is 22.4 Å². The molecule has 0 aliphatic heterocycles. The van der Waals surface area contributed by atoms with E-state index in [1.807, 2.05) is 38.2 Å². The molecule has 1 N–H and O–H groups in total. The molecule has 0 saturated carbocycles. The number of ether oxygens (including phenoxy) is 1. The minimum Gasteiger partial charge on any atom is -0.443 e. The predicted molar refractivity (Wildman–Crippen MR) is 123 cm³/mol. The Labute approximate surface area is 181 Å². The highest BCUT2D eigenvalue weighted by molar-refractivity contribution is 5.80. The van der Waals surface area contributed by atoms with E-state index in [1.54, 1.807) is 20.8 Å². The summed E-state index contributed by atoms with van der Waals surface area (Å²) in [6.07, 6.45) is 1.66. The van der Waals surface area contributed by atoms with Gasteiger partial charge >= 0.3 is 6.09 Å². The van der Waals surface area contributed by atoms with Gasteiger partial charge in [0.15, 0.2) is 0 Å². The predicted octanol–water partition coefficient (Wildman–Crippen LogP) is 4.69. The number of carbonyl (C=O) groups excluding carboxylic acids is 2. The van der Waals surface area contributed by atoms with Gasteiger partial charge in [0.05, 0.1) is 0 Å². The third-order valence-corrected chi connectivity index (χ3v) is 4.30. The number of rotatable bonds is 7. The molecule has 2 rings (SSSR count). The standard InChI is InChI=1S/C15H21NO3.C10H15N/c1-12-5-7-13(8-6-12)9-10-16(11-17)14(18)19-15(2,3)4;1-9-3-5-10(6-4-9)7-8-11-2/h5-8,11H,9-10H2,1-4H3;3-6,11H,7-8H2,1-2H3. The molecule has 0 saturated heterocycles. The summed E-state index contributed by atoms with van der Waals surface area (Å²) in [5, 5.41) is 3.13. The van der Waals surface area contributed by atoms with Crippen molar-refractivity contribution in [2.45, 2.75) is 53.1 Å². The van der Waals surface area contributed by atoms with Crippen LogP contribution in [0.3, 0.4) is 0 Å². The molecular formula is C25H36N2O3. The second-order valence-electron chi connectivity index (χ2n) is 8.35. The molecule has 0 bridgehead atoms. The quantitative estimate of drug-likeness (QED) is 0.671. The van der Waals surface area contributed by atoms with Crippen LogP contribution in [0.2, 0.25) is 0 Å². The lowest BCUT2D eigenvalue weighted by atomic mass is 10.1. The van der Waals surface area contributed by atoms with Crippen molar-refractivity contribution in [3.63, 3.8) is 0 Å². The lowest BCUT2D eigenvalue weighted by molar-refractivity contribution is -0.117. The zero-order valence-electron chi connectivity index (χ0n) is 19.2. The minimum atomic E-state index is -0.602. The zero-order chi connectivity index (χ0) is 22.6. The van der Waals surface area contributed by atoms with Crippen molar-refractivity contribution in [1.82, 2.24) is 10.2 Å². The van der Waals surface area contributed by atoms with Crippen LogP contribution in [0.5, 0.6) is 0 Å². The zero-order valence-corrected chi connectivity index (χ0v) is 19.2. The molecule has 0 radical (unpaired) electrons. The number of nitrogens with zero attached hydrogens (tertiary/aromatic N) is 1. The third-order valence-electron chi connectivity index (χ3n) is 4.30. The fourth-order valence-corrected chi connectivity index (χ4v) is 2.54. The van der Waals surface area contributed by atoms with Crippen molar-refractivity contribution in [2.75, 3.05) is 20.1 Å². The molecule has 0 atom stereocenters. The molecule has 5 heteroatoms. The van der Waals surface area contributed by atoms with Gasteiger partial charge in [-0.05, 0) is 72.2 Å². The van der Waals surface area contributed by atoms with Gasteiger partial charge in [-0.25, -0.2) is 9.69 Å². The van der Waals surface area contributed by atoms with E-state index in [-0.39, 0.29) is 0 Å². The molecule has 0 heterocycles.